The highest BCUT2D eigenvalue weighted by Gasteiger charge is 2.32. The van der Waals surface area contributed by atoms with Gasteiger partial charge in [-0.1, -0.05) is 31.4 Å². The molecule has 0 aliphatic heterocycles. The van der Waals surface area contributed by atoms with E-state index in [1.54, 1.807) is 4.90 Å². The van der Waals surface area contributed by atoms with E-state index in [9.17, 15) is 9.90 Å². The normalized spacial score (nSPS) is 17.1. The zero-order chi connectivity index (χ0) is 16.2. The number of carbonyl (C=O) groups is 1. The Kier molecular flexibility index (Phi) is 5.46. The minimum Gasteiger partial charge on any atom is -0.389 e. The molecule has 1 amide bonds. The van der Waals surface area contributed by atoms with E-state index in [0.717, 1.165) is 36.9 Å². The molecule has 0 radical (unpaired) electrons. The van der Waals surface area contributed by atoms with Crippen molar-refractivity contribution in [1.82, 2.24) is 4.90 Å². The first-order valence-electron chi connectivity index (χ1n) is 8.12. The molecule has 4 heteroatoms. The van der Waals surface area contributed by atoms with E-state index in [4.69, 9.17) is 0 Å². The maximum absolute atomic E-state index is 12.4. The summed E-state index contributed by atoms with van der Waals surface area (Å²) in [6.07, 6.45) is 4.97. The van der Waals surface area contributed by atoms with Crippen molar-refractivity contribution in [3.63, 3.8) is 0 Å². The predicted octanol–water partition coefficient (Wildman–Crippen LogP) is 2.80. The molecule has 0 heterocycles. The number of nitrogens with zero attached hydrogens (tertiary/aromatic N) is 2. The number of carbonyl (C=O) groups excluding carboxylic acids is 1. The van der Waals surface area contributed by atoms with Crippen LogP contribution in [-0.4, -0.2) is 42.7 Å². The van der Waals surface area contributed by atoms with Gasteiger partial charge in [0.1, 0.15) is 0 Å². The first kappa shape index (κ1) is 16.8. The third-order valence-electron chi connectivity index (χ3n) is 4.54. The van der Waals surface area contributed by atoms with Crippen LogP contribution in [0.1, 0.15) is 44.1 Å². The second-order valence-electron chi connectivity index (χ2n) is 6.78. The molecule has 1 aromatic rings. The van der Waals surface area contributed by atoms with Crippen LogP contribution < -0.4 is 4.90 Å². The highest BCUT2D eigenvalue weighted by Crippen LogP contribution is 2.31. The predicted molar refractivity (Wildman–Crippen MR) is 89.9 cm³/mol. The zero-order valence-corrected chi connectivity index (χ0v) is 14.0. The Balaban J connectivity index is 1.95. The summed E-state index contributed by atoms with van der Waals surface area (Å²) in [7, 11) is 5.83. The summed E-state index contributed by atoms with van der Waals surface area (Å²) in [5.74, 6) is 0.0275. The van der Waals surface area contributed by atoms with E-state index < -0.39 is 5.60 Å². The average Bonchev–Trinajstić information content (AvgIpc) is 2.47. The smallest absolute Gasteiger partial charge is 0.225 e. The van der Waals surface area contributed by atoms with Crippen molar-refractivity contribution in [2.75, 3.05) is 26.0 Å². The Morgan fingerprint density at radius 1 is 1.18 bits per heavy atom. The average molecular weight is 304 g/mol. The van der Waals surface area contributed by atoms with Crippen molar-refractivity contribution < 1.29 is 9.90 Å². The molecule has 0 atom stereocenters. The first-order valence-corrected chi connectivity index (χ1v) is 8.12. The molecule has 0 aromatic heterocycles. The van der Waals surface area contributed by atoms with Crippen LogP contribution in [0.15, 0.2) is 24.3 Å². The Hall–Kier alpha value is -1.55. The molecule has 22 heavy (non-hydrogen) atoms. The molecule has 1 N–H and O–H groups in total. The monoisotopic (exact) mass is 304 g/mol. The summed E-state index contributed by atoms with van der Waals surface area (Å²) in [6.45, 7) is 0.580. The molecule has 1 aromatic carbocycles. The van der Waals surface area contributed by atoms with Crippen LogP contribution in [0.2, 0.25) is 0 Å². The van der Waals surface area contributed by atoms with Crippen molar-refractivity contribution in [3.05, 3.63) is 29.8 Å². The molecule has 1 aliphatic carbocycles. The highest BCUT2D eigenvalue weighted by molar-refractivity contribution is 5.77. The number of benzene rings is 1. The molecule has 0 spiro atoms. The van der Waals surface area contributed by atoms with Gasteiger partial charge in [0, 0.05) is 33.4 Å². The Morgan fingerprint density at radius 2 is 1.86 bits per heavy atom. The molecule has 2 rings (SSSR count). The summed E-state index contributed by atoms with van der Waals surface area (Å²) < 4.78 is 0. The second kappa shape index (κ2) is 7.14. The minimum absolute atomic E-state index is 0.0275. The van der Waals surface area contributed by atoms with E-state index in [-0.39, 0.29) is 12.3 Å². The zero-order valence-electron chi connectivity index (χ0n) is 14.0. The lowest BCUT2D eigenvalue weighted by Gasteiger charge is -2.33. The van der Waals surface area contributed by atoms with Crippen LogP contribution >= 0.6 is 0 Å². The van der Waals surface area contributed by atoms with Crippen molar-refractivity contribution in [3.8, 4) is 0 Å². The summed E-state index contributed by atoms with van der Waals surface area (Å²) in [4.78, 5) is 16.2. The van der Waals surface area contributed by atoms with Crippen molar-refractivity contribution in [2.24, 2.45) is 0 Å². The van der Waals surface area contributed by atoms with Gasteiger partial charge in [0.25, 0.3) is 0 Å². The van der Waals surface area contributed by atoms with E-state index in [1.165, 1.54) is 6.42 Å². The van der Waals surface area contributed by atoms with Gasteiger partial charge in [0.2, 0.25) is 5.91 Å². The fourth-order valence-electron chi connectivity index (χ4n) is 3.10. The third kappa shape index (κ3) is 4.47. The van der Waals surface area contributed by atoms with E-state index in [2.05, 4.69) is 17.0 Å². The highest BCUT2D eigenvalue weighted by atomic mass is 16.3. The number of aliphatic hydroxyl groups is 1. The van der Waals surface area contributed by atoms with E-state index in [1.807, 2.05) is 33.3 Å². The summed E-state index contributed by atoms with van der Waals surface area (Å²) in [6, 6.07) is 8.19. The van der Waals surface area contributed by atoms with Gasteiger partial charge in [-0.05, 0) is 30.5 Å². The Morgan fingerprint density at radius 3 is 2.50 bits per heavy atom. The van der Waals surface area contributed by atoms with Crippen molar-refractivity contribution in [2.45, 2.75) is 50.7 Å². The lowest BCUT2D eigenvalue weighted by Crippen LogP contribution is -2.39. The maximum atomic E-state index is 12.4. The topological polar surface area (TPSA) is 43.8 Å². The molecule has 0 bridgehead atoms. The van der Waals surface area contributed by atoms with Gasteiger partial charge in [-0.15, -0.1) is 0 Å². The van der Waals surface area contributed by atoms with E-state index in [0.29, 0.717) is 6.54 Å². The molecule has 122 valence electrons. The van der Waals surface area contributed by atoms with Gasteiger partial charge in [-0.25, -0.2) is 0 Å². The van der Waals surface area contributed by atoms with Gasteiger partial charge in [-0.3, -0.25) is 4.79 Å². The number of amides is 1. The molecule has 1 fully saturated rings. The lowest BCUT2D eigenvalue weighted by molar-refractivity contribution is -0.137. The third-order valence-corrected chi connectivity index (χ3v) is 4.54. The van der Waals surface area contributed by atoms with Crippen LogP contribution in [0, 0.1) is 0 Å². The fraction of sp³-hybridized carbons (Fsp3) is 0.611. The van der Waals surface area contributed by atoms with Gasteiger partial charge in [0.15, 0.2) is 0 Å². The number of hydrogen-bond acceptors (Lipinski definition) is 3. The molecular weight excluding hydrogens is 276 g/mol. The van der Waals surface area contributed by atoms with Crippen LogP contribution in [0.4, 0.5) is 5.69 Å². The molecular formula is C18H28N2O2. The standard InChI is InChI=1S/C18H28N2O2/c1-19(2)16-9-7-8-15(12-16)14-20(3)17(21)13-18(22)10-5-4-6-11-18/h7-9,12,22H,4-6,10-11,13-14H2,1-3H3. The van der Waals surface area contributed by atoms with Gasteiger partial charge >= 0.3 is 0 Å². The van der Waals surface area contributed by atoms with Crippen LogP contribution in [0.3, 0.4) is 0 Å². The lowest BCUT2D eigenvalue weighted by atomic mass is 9.82. The summed E-state index contributed by atoms with van der Waals surface area (Å²) >= 11 is 0. The Labute approximate surface area is 133 Å². The largest absolute Gasteiger partial charge is 0.389 e. The molecule has 1 saturated carbocycles. The quantitative estimate of drug-likeness (QED) is 0.909. The number of hydrogen-bond donors (Lipinski definition) is 1. The van der Waals surface area contributed by atoms with Gasteiger partial charge in [0.05, 0.1) is 12.0 Å². The fourth-order valence-corrected chi connectivity index (χ4v) is 3.10. The van der Waals surface area contributed by atoms with Crippen LogP contribution in [0.5, 0.6) is 0 Å². The van der Waals surface area contributed by atoms with Gasteiger partial charge in [-0.2, -0.15) is 0 Å². The molecule has 0 unspecified atom stereocenters. The molecule has 1 aliphatic rings. The Bertz CT molecular complexity index is 508. The minimum atomic E-state index is -0.783. The van der Waals surface area contributed by atoms with Crippen molar-refractivity contribution >= 4 is 11.6 Å². The van der Waals surface area contributed by atoms with Crippen molar-refractivity contribution in [1.29, 1.82) is 0 Å². The molecule has 4 nitrogen and oxygen atoms in total. The van der Waals surface area contributed by atoms with Crippen LogP contribution in [-0.2, 0) is 11.3 Å². The SMILES string of the molecule is CN(Cc1cccc(N(C)C)c1)C(=O)CC1(O)CCCCC1. The molecule has 0 saturated heterocycles. The second-order valence-corrected chi connectivity index (χ2v) is 6.78. The number of anilines is 1. The summed E-state index contributed by atoms with van der Waals surface area (Å²) in [5, 5.41) is 10.5. The number of rotatable bonds is 5. The van der Waals surface area contributed by atoms with E-state index >= 15 is 0 Å². The van der Waals surface area contributed by atoms with Gasteiger partial charge < -0.3 is 14.9 Å². The van der Waals surface area contributed by atoms with Crippen LogP contribution in [0.25, 0.3) is 0 Å². The maximum Gasteiger partial charge on any atom is 0.225 e. The first-order chi connectivity index (χ1) is 10.4. The summed E-state index contributed by atoms with van der Waals surface area (Å²) in [5.41, 5.74) is 1.46.